The number of pyridine rings is 1. The lowest BCUT2D eigenvalue weighted by Crippen LogP contribution is -2.33. The van der Waals surface area contributed by atoms with Gasteiger partial charge >= 0.3 is 0 Å². The average Bonchev–Trinajstić information content (AvgIpc) is 2.25. The molecule has 0 aliphatic carbocycles. The average molecular weight is 257 g/mol. The third kappa shape index (κ3) is 2.95. The summed E-state index contributed by atoms with van der Waals surface area (Å²) in [6.07, 6.45) is 3.59. The number of aromatic nitrogens is 1. The van der Waals surface area contributed by atoms with Gasteiger partial charge in [0.2, 0.25) is 0 Å². The molecule has 1 aromatic rings. The Balaban J connectivity index is 2.26. The summed E-state index contributed by atoms with van der Waals surface area (Å²) in [6, 6.07) is 4.94. The van der Waals surface area contributed by atoms with E-state index >= 15 is 0 Å². The molecule has 0 radical (unpaired) electrons. The van der Waals surface area contributed by atoms with E-state index in [0.29, 0.717) is 0 Å². The van der Waals surface area contributed by atoms with Crippen LogP contribution in [0.4, 0.5) is 0 Å². The van der Waals surface area contributed by atoms with Crippen LogP contribution in [0.3, 0.4) is 0 Å². The van der Waals surface area contributed by atoms with E-state index in [4.69, 9.17) is 4.18 Å². The Labute approximate surface area is 100 Å². The van der Waals surface area contributed by atoms with E-state index in [1.807, 2.05) is 6.07 Å². The lowest BCUT2D eigenvalue weighted by molar-refractivity contribution is 0.229. The lowest BCUT2D eigenvalue weighted by Gasteiger charge is -2.27. The van der Waals surface area contributed by atoms with Crippen LogP contribution in [-0.2, 0) is 20.7 Å². The molecule has 1 unspecified atom stereocenters. The van der Waals surface area contributed by atoms with Gasteiger partial charge in [-0.2, -0.15) is 8.42 Å². The molecule has 94 valence electrons. The third-order valence-corrected chi connectivity index (χ3v) is 3.45. The molecule has 1 aromatic heterocycles. The van der Waals surface area contributed by atoms with Crippen molar-refractivity contribution in [2.75, 3.05) is 12.9 Å². The maximum Gasteiger partial charge on any atom is 0.264 e. The molecular weight excluding hydrogens is 242 g/mol. The summed E-state index contributed by atoms with van der Waals surface area (Å²) >= 11 is 0. The fourth-order valence-electron chi connectivity index (χ4n) is 2.17. The maximum absolute atomic E-state index is 11.8. The zero-order valence-electron chi connectivity index (χ0n) is 9.63. The van der Waals surface area contributed by atoms with Crippen LogP contribution in [0.15, 0.2) is 23.0 Å². The molecule has 0 aromatic carbocycles. The first-order chi connectivity index (χ1) is 7.97. The zero-order valence-corrected chi connectivity index (χ0v) is 10.4. The molecule has 1 aliphatic rings. The van der Waals surface area contributed by atoms with Gasteiger partial charge in [-0.05, 0) is 25.3 Å². The molecule has 1 aliphatic heterocycles. The summed E-state index contributed by atoms with van der Waals surface area (Å²) in [5.41, 5.74) is 0.857. The molecule has 1 atom stereocenters. The molecule has 17 heavy (non-hydrogen) atoms. The number of nitrogens with zero attached hydrogens (tertiary/aromatic N) is 1. The molecule has 0 bridgehead atoms. The van der Waals surface area contributed by atoms with Gasteiger partial charge in [0.05, 0.1) is 18.9 Å². The summed E-state index contributed by atoms with van der Waals surface area (Å²) in [7, 11) is -3.45. The topological polar surface area (TPSA) is 65.4 Å². The molecule has 0 saturated heterocycles. The zero-order chi connectivity index (χ0) is 12.5. The smallest absolute Gasteiger partial charge is 0.264 e. The Bertz CT molecular complexity index is 561. The fourth-order valence-corrected chi connectivity index (χ4v) is 2.57. The highest BCUT2D eigenvalue weighted by Gasteiger charge is 2.21. The third-order valence-electron chi connectivity index (χ3n) is 2.88. The standard InChI is InChI=1S/C11H15NO4S/c1-17(14,15)16-8-10-6-2-4-9-5-3-7-11(13)12(9)10/h3,5,7,10H,2,4,6,8H2,1H3. The van der Waals surface area contributed by atoms with E-state index in [1.54, 1.807) is 10.6 Å². The van der Waals surface area contributed by atoms with Gasteiger partial charge in [0.1, 0.15) is 0 Å². The monoisotopic (exact) mass is 257 g/mol. The van der Waals surface area contributed by atoms with Crippen molar-refractivity contribution < 1.29 is 12.6 Å². The van der Waals surface area contributed by atoms with E-state index in [2.05, 4.69) is 0 Å². The minimum absolute atomic E-state index is 0.0375. The lowest BCUT2D eigenvalue weighted by atomic mass is 10.0. The van der Waals surface area contributed by atoms with E-state index in [0.717, 1.165) is 31.2 Å². The van der Waals surface area contributed by atoms with Crippen LogP contribution in [0, 0.1) is 0 Å². The Hall–Kier alpha value is -1.14. The predicted molar refractivity (Wildman–Crippen MR) is 63.5 cm³/mol. The van der Waals surface area contributed by atoms with Crippen molar-refractivity contribution in [3.8, 4) is 0 Å². The quantitative estimate of drug-likeness (QED) is 0.748. The normalized spacial score (nSPS) is 19.9. The van der Waals surface area contributed by atoms with Crippen molar-refractivity contribution in [1.82, 2.24) is 4.57 Å². The number of fused-ring (bicyclic) bond motifs is 1. The maximum atomic E-state index is 11.8. The molecule has 0 spiro atoms. The Morgan fingerprint density at radius 2 is 2.24 bits per heavy atom. The van der Waals surface area contributed by atoms with Crippen LogP contribution in [0.1, 0.15) is 24.6 Å². The molecule has 0 saturated carbocycles. The summed E-state index contributed by atoms with van der Waals surface area (Å²) in [5.74, 6) is 0. The Morgan fingerprint density at radius 3 is 2.94 bits per heavy atom. The van der Waals surface area contributed by atoms with Crippen LogP contribution in [0.5, 0.6) is 0 Å². The molecule has 0 amide bonds. The van der Waals surface area contributed by atoms with Crippen molar-refractivity contribution in [3.05, 3.63) is 34.2 Å². The van der Waals surface area contributed by atoms with Gasteiger partial charge in [-0.1, -0.05) is 6.07 Å². The molecule has 6 heteroatoms. The van der Waals surface area contributed by atoms with Crippen molar-refractivity contribution in [2.45, 2.75) is 25.3 Å². The van der Waals surface area contributed by atoms with E-state index in [9.17, 15) is 13.2 Å². The second kappa shape index (κ2) is 4.62. The minimum atomic E-state index is -3.45. The first kappa shape index (κ1) is 12.3. The van der Waals surface area contributed by atoms with Gasteiger partial charge in [0.25, 0.3) is 15.7 Å². The van der Waals surface area contributed by atoms with E-state index in [1.165, 1.54) is 6.07 Å². The number of aryl methyl sites for hydroxylation is 1. The van der Waals surface area contributed by atoms with Gasteiger partial charge in [-0.25, -0.2) is 0 Å². The molecule has 2 heterocycles. The number of rotatable bonds is 3. The fraction of sp³-hybridized carbons (Fsp3) is 0.545. The minimum Gasteiger partial charge on any atom is -0.307 e. The number of hydrogen-bond donors (Lipinski definition) is 0. The van der Waals surface area contributed by atoms with Crippen LogP contribution in [-0.4, -0.2) is 25.8 Å². The molecule has 0 fully saturated rings. The molecule has 5 nitrogen and oxygen atoms in total. The van der Waals surface area contributed by atoms with Crippen molar-refractivity contribution in [1.29, 1.82) is 0 Å². The van der Waals surface area contributed by atoms with Crippen molar-refractivity contribution in [3.63, 3.8) is 0 Å². The first-order valence-electron chi connectivity index (χ1n) is 5.52. The Morgan fingerprint density at radius 1 is 1.47 bits per heavy atom. The first-order valence-corrected chi connectivity index (χ1v) is 7.34. The predicted octanol–water partition coefficient (Wildman–Crippen LogP) is 0.702. The second-order valence-electron chi connectivity index (χ2n) is 4.26. The summed E-state index contributed by atoms with van der Waals surface area (Å²) in [6.45, 7) is 0.0375. The largest absolute Gasteiger partial charge is 0.307 e. The highest BCUT2D eigenvalue weighted by Crippen LogP contribution is 2.23. The van der Waals surface area contributed by atoms with Gasteiger partial charge in [0, 0.05) is 11.8 Å². The summed E-state index contributed by atoms with van der Waals surface area (Å²) in [5, 5.41) is 0. The Kier molecular flexibility index (Phi) is 3.35. The summed E-state index contributed by atoms with van der Waals surface area (Å²) in [4.78, 5) is 11.8. The van der Waals surface area contributed by atoms with Gasteiger partial charge in [0.15, 0.2) is 0 Å². The molecule has 2 rings (SSSR count). The van der Waals surface area contributed by atoms with E-state index < -0.39 is 10.1 Å². The SMILES string of the molecule is CS(=O)(=O)OCC1CCCc2cccc(=O)n21. The second-order valence-corrected chi connectivity index (χ2v) is 5.90. The molecule has 0 N–H and O–H groups in total. The molecular formula is C11H15NO4S. The van der Waals surface area contributed by atoms with Crippen LogP contribution < -0.4 is 5.56 Å². The highest BCUT2D eigenvalue weighted by molar-refractivity contribution is 7.85. The van der Waals surface area contributed by atoms with E-state index in [-0.39, 0.29) is 18.2 Å². The van der Waals surface area contributed by atoms with Gasteiger partial charge in [-0.3, -0.25) is 8.98 Å². The van der Waals surface area contributed by atoms with Gasteiger partial charge in [-0.15, -0.1) is 0 Å². The van der Waals surface area contributed by atoms with Crippen molar-refractivity contribution >= 4 is 10.1 Å². The van der Waals surface area contributed by atoms with Crippen LogP contribution in [0.25, 0.3) is 0 Å². The highest BCUT2D eigenvalue weighted by atomic mass is 32.2. The van der Waals surface area contributed by atoms with Crippen LogP contribution >= 0.6 is 0 Å². The van der Waals surface area contributed by atoms with Crippen LogP contribution in [0.2, 0.25) is 0 Å². The summed E-state index contributed by atoms with van der Waals surface area (Å²) < 4.78 is 28.4. The van der Waals surface area contributed by atoms with Gasteiger partial charge < -0.3 is 4.57 Å². The van der Waals surface area contributed by atoms with Crippen molar-refractivity contribution in [2.24, 2.45) is 0 Å². The number of hydrogen-bond acceptors (Lipinski definition) is 4.